The lowest BCUT2D eigenvalue weighted by atomic mass is 9.97. The number of amides is 1. The lowest BCUT2D eigenvalue weighted by molar-refractivity contribution is -0.143. The molecule has 0 bridgehead atoms. The summed E-state index contributed by atoms with van der Waals surface area (Å²) in [7, 11) is 0. The van der Waals surface area contributed by atoms with E-state index < -0.39 is 41.4 Å². The zero-order chi connectivity index (χ0) is 37.6. The van der Waals surface area contributed by atoms with Crippen LogP contribution >= 0.6 is 24.0 Å². The number of aromatic carboxylic acids is 1. The van der Waals surface area contributed by atoms with Gasteiger partial charge in [0.25, 0.3) is 5.91 Å². The van der Waals surface area contributed by atoms with Gasteiger partial charge in [0.15, 0.2) is 4.32 Å². The number of hydrogen-bond donors (Lipinski definition) is 4. The lowest BCUT2D eigenvalue weighted by Crippen LogP contribution is -2.47. The summed E-state index contributed by atoms with van der Waals surface area (Å²) >= 11 is 6.31. The zero-order valence-corrected chi connectivity index (χ0v) is 28.7. The molecule has 1 atom stereocenters. The molecule has 1 unspecified atom stereocenters. The minimum absolute atomic E-state index is 0.000622. The molecule has 2 fully saturated rings. The molecule has 1 amide bonds. The highest BCUT2D eigenvalue weighted by atomic mass is 32.2. The van der Waals surface area contributed by atoms with Gasteiger partial charge in [0.2, 0.25) is 0 Å². The number of anilines is 1. The number of alkyl halides is 6. The number of carbonyl (C=O) groups excluding carboxylic acids is 1. The molecule has 3 aromatic carbocycles. The third-order valence-corrected chi connectivity index (χ3v) is 9.30. The molecule has 0 radical (unpaired) electrons. The van der Waals surface area contributed by atoms with Gasteiger partial charge in [0.05, 0.1) is 47.5 Å². The molecule has 3 aromatic rings. The number of halogens is 6. The number of thiocarbonyl (C=S) groups is 1. The molecule has 2 aliphatic rings. The van der Waals surface area contributed by atoms with Crippen LogP contribution in [0.3, 0.4) is 0 Å². The number of rotatable bonds is 13. The Bertz CT molecular complexity index is 1790. The summed E-state index contributed by atoms with van der Waals surface area (Å²) in [5.74, 6) is -1.46. The number of carbonyl (C=O) groups is 2. The Morgan fingerprint density at radius 2 is 1.63 bits per heavy atom. The summed E-state index contributed by atoms with van der Waals surface area (Å²) < 4.78 is 93.4. The van der Waals surface area contributed by atoms with Crippen LogP contribution in [-0.2, 0) is 21.9 Å². The van der Waals surface area contributed by atoms with E-state index in [9.17, 15) is 41.0 Å². The number of nitrogens with zero attached hydrogens (tertiary/aromatic N) is 2. The van der Waals surface area contributed by atoms with Crippen LogP contribution in [0.25, 0.3) is 17.2 Å². The summed E-state index contributed by atoms with van der Waals surface area (Å²) in [5, 5.41) is 23.1. The third kappa shape index (κ3) is 10.0. The predicted molar refractivity (Wildman–Crippen MR) is 186 cm³/mol. The average molecular weight is 771 g/mol. The summed E-state index contributed by atoms with van der Waals surface area (Å²) in [6.07, 6.45) is -8.69. The largest absolute Gasteiger partial charge is 0.492 e. The van der Waals surface area contributed by atoms with Crippen molar-refractivity contribution in [2.45, 2.75) is 18.4 Å². The summed E-state index contributed by atoms with van der Waals surface area (Å²) in [6.45, 7) is 2.82. The minimum atomic E-state index is -5.04. The molecule has 2 heterocycles. The van der Waals surface area contributed by atoms with Crippen molar-refractivity contribution in [3.63, 3.8) is 0 Å². The van der Waals surface area contributed by atoms with Gasteiger partial charge < -0.3 is 25.0 Å². The normalized spacial score (nSPS) is 17.1. The fraction of sp³-hybridized carbons (Fsp3) is 0.324. The van der Waals surface area contributed by atoms with Gasteiger partial charge in [-0.15, -0.1) is 0 Å². The van der Waals surface area contributed by atoms with Crippen LogP contribution in [0, 0.1) is 0 Å². The van der Waals surface area contributed by atoms with Gasteiger partial charge in [-0.3, -0.25) is 9.69 Å². The number of carboxylic acids is 1. The van der Waals surface area contributed by atoms with Crippen LogP contribution in [-0.4, -0.2) is 95.0 Å². The Morgan fingerprint density at radius 3 is 2.23 bits per heavy atom. The van der Waals surface area contributed by atoms with E-state index in [1.807, 2.05) is 0 Å². The van der Waals surface area contributed by atoms with Gasteiger partial charge in [-0.25, -0.2) is 15.2 Å². The molecule has 278 valence electrons. The molecule has 5 rings (SSSR count). The van der Waals surface area contributed by atoms with Crippen LogP contribution in [0.1, 0.15) is 27.0 Å². The Labute approximate surface area is 303 Å². The second-order valence-electron chi connectivity index (χ2n) is 11.6. The number of nitrogens with one attached hydrogen (secondary N) is 2. The molecular weight excluding hydrogens is 739 g/mol. The molecule has 52 heavy (non-hydrogen) atoms. The number of carboxylic acid groups (broad SMARTS) is 1. The molecule has 4 N–H and O–H groups in total. The molecule has 0 spiro atoms. The molecule has 2 aliphatic heterocycles. The van der Waals surface area contributed by atoms with E-state index in [-0.39, 0.29) is 63.1 Å². The van der Waals surface area contributed by atoms with Crippen molar-refractivity contribution in [1.82, 2.24) is 15.3 Å². The summed E-state index contributed by atoms with van der Waals surface area (Å²) in [6, 6.07) is 10.6. The van der Waals surface area contributed by atoms with Crippen LogP contribution in [0.2, 0.25) is 0 Å². The molecule has 0 saturated carbocycles. The number of aliphatic hydroxyl groups is 1. The van der Waals surface area contributed by atoms with Gasteiger partial charge in [-0.05, 0) is 71.8 Å². The average Bonchev–Trinajstić information content (AvgIpc) is 3.37. The van der Waals surface area contributed by atoms with Gasteiger partial charge in [-0.2, -0.15) is 26.3 Å². The van der Waals surface area contributed by atoms with E-state index in [0.29, 0.717) is 50.7 Å². The van der Waals surface area contributed by atoms with E-state index in [1.165, 1.54) is 48.5 Å². The Hall–Kier alpha value is -4.20. The van der Waals surface area contributed by atoms with Crippen molar-refractivity contribution >= 4 is 51.9 Å². The maximum Gasteiger partial charge on any atom is 0.416 e. The second-order valence-corrected chi connectivity index (χ2v) is 13.3. The van der Waals surface area contributed by atoms with Crippen molar-refractivity contribution in [3.8, 4) is 16.9 Å². The van der Waals surface area contributed by atoms with Gasteiger partial charge in [-0.1, -0.05) is 30.0 Å². The number of benzene rings is 3. The van der Waals surface area contributed by atoms with Crippen molar-refractivity contribution in [3.05, 3.63) is 87.8 Å². The first-order chi connectivity index (χ1) is 24.6. The van der Waals surface area contributed by atoms with Crippen LogP contribution in [0.15, 0.2) is 65.6 Å². The van der Waals surface area contributed by atoms with E-state index >= 15 is 0 Å². The number of ether oxygens (including phenoxy) is 2. The first-order valence-corrected chi connectivity index (χ1v) is 16.9. The number of morpholine rings is 1. The molecule has 18 heteroatoms. The maximum absolute atomic E-state index is 13.7. The standard InChI is InChI=1S/C34H32F6N4O6S2/c35-33(36,37)24-14-22(15-25(17-24)34(38,39)40)21-3-6-28(50-12-9-43-7-10-49-11-8-43)23(13-21)16-29-30(46)44(32(51)52-29)41-18-27(19-45)42-26-4-1-20(2-5-26)31(47)48/h1-6,13-17,27,41-42,45H,7-12,18-19H2,(H,47,48). The fourth-order valence-corrected chi connectivity index (χ4v) is 6.46. The number of thioether (sulfide) groups is 1. The van der Waals surface area contributed by atoms with Crippen LogP contribution in [0.5, 0.6) is 5.75 Å². The quantitative estimate of drug-likeness (QED) is 0.0934. The smallest absolute Gasteiger partial charge is 0.416 e. The van der Waals surface area contributed by atoms with Crippen LogP contribution < -0.4 is 15.5 Å². The molecular formula is C34H32F6N4O6S2. The minimum Gasteiger partial charge on any atom is -0.492 e. The number of aliphatic hydroxyl groups excluding tert-OH is 1. The molecule has 2 saturated heterocycles. The van der Waals surface area contributed by atoms with E-state index in [0.717, 1.165) is 16.8 Å². The SMILES string of the molecule is O=C(O)c1ccc(NC(CO)CNN2C(=O)C(=Cc3cc(-c4cc(C(F)(F)F)cc(C(F)(F)F)c4)ccc3OCCN3CCOCC3)SC2=S)cc1. The first-order valence-electron chi connectivity index (χ1n) is 15.7. The summed E-state index contributed by atoms with van der Waals surface area (Å²) in [4.78, 5) is 26.8. The van der Waals surface area contributed by atoms with Gasteiger partial charge >= 0.3 is 18.3 Å². The topological polar surface area (TPSA) is 124 Å². The Balaban J connectivity index is 1.40. The highest BCUT2D eigenvalue weighted by molar-refractivity contribution is 8.26. The van der Waals surface area contributed by atoms with E-state index in [4.69, 9.17) is 26.8 Å². The van der Waals surface area contributed by atoms with Crippen molar-refractivity contribution in [1.29, 1.82) is 0 Å². The molecule has 10 nitrogen and oxygen atoms in total. The van der Waals surface area contributed by atoms with Gasteiger partial charge in [0, 0.05) is 37.4 Å². The fourth-order valence-electron chi connectivity index (χ4n) is 5.26. The third-order valence-electron chi connectivity index (χ3n) is 8.00. The predicted octanol–water partition coefficient (Wildman–Crippen LogP) is 5.98. The van der Waals surface area contributed by atoms with Crippen molar-refractivity contribution in [2.24, 2.45) is 0 Å². The van der Waals surface area contributed by atoms with E-state index in [2.05, 4.69) is 15.6 Å². The Kier molecular flexibility index (Phi) is 12.5. The summed E-state index contributed by atoms with van der Waals surface area (Å²) in [5.41, 5.74) is 0.409. The zero-order valence-electron chi connectivity index (χ0n) is 27.1. The maximum atomic E-state index is 13.7. The van der Waals surface area contributed by atoms with Crippen molar-refractivity contribution < 1.29 is 55.6 Å². The second kappa shape index (κ2) is 16.6. The van der Waals surface area contributed by atoms with Crippen molar-refractivity contribution in [2.75, 3.05) is 57.9 Å². The Morgan fingerprint density at radius 1 is 0.981 bits per heavy atom. The highest BCUT2D eigenvalue weighted by Crippen LogP contribution is 2.40. The van der Waals surface area contributed by atoms with Crippen LogP contribution in [0.4, 0.5) is 32.0 Å². The monoisotopic (exact) mass is 770 g/mol. The van der Waals surface area contributed by atoms with E-state index in [1.54, 1.807) is 0 Å². The highest BCUT2D eigenvalue weighted by Gasteiger charge is 2.37. The molecule has 0 aliphatic carbocycles. The number of hydrogen-bond acceptors (Lipinski definition) is 10. The first kappa shape index (κ1) is 39.0. The molecule has 0 aromatic heterocycles. The van der Waals surface area contributed by atoms with Gasteiger partial charge in [0.1, 0.15) is 12.4 Å². The number of hydrazine groups is 1. The lowest BCUT2D eigenvalue weighted by Gasteiger charge is -2.26.